The van der Waals surface area contributed by atoms with Crippen molar-refractivity contribution in [2.45, 2.75) is 18.4 Å². The fourth-order valence-electron chi connectivity index (χ4n) is 1.85. The number of hydrogen-bond acceptors (Lipinski definition) is 4. The largest absolute Gasteiger partial charge is 0.457 e. The number of nitrogens with one attached hydrogen (secondary N) is 1. The number of benzene rings is 2. The third-order valence-electron chi connectivity index (χ3n) is 2.97. The standard InChI is InChI=1S/C16H19NO3S/c1-3-17-12-13-7-9-14(10-8-13)20-15-5-4-6-16(11-15)21(2,18)19/h4-11,17H,3,12H2,1-2H3. The summed E-state index contributed by atoms with van der Waals surface area (Å²) in [5.74, 6) is 1.19. The van der Waals surface area contributed by atoms with Crippen LogP contribution in [-0.4, -0.2) is 21.2 Å². The smallest absolute Gasteiger partial charge is 0.175 e. The zero-order valence-electron chi connectivity index (χ0n) is 12.2. The maximum atomic E-state index is 11.5. The quantitative estimate of drug-likeness (QED) is 0.891. The maximum absolute atomic E-state index is 11.5. The summed E-state index contributed by atoms with van der Waals surface area (Å²) < 4.78 is 28.7. The molecule has 1 N–H and O–H groups in total. The van der Waals surface area contributed by atoms with Crippen LogP contribution in [0, 0.1) is 0 Å². The van der Waals surface area contributed by atoms with Gasteiger partial charge >= 0.3 is 0 Å². The highest BCUT2D eigenvalue weighted by molar-refractivity contribution is 7.90. The topological polar surface area (TPSA) is 55.4 Å². The second-order valence-corrected chi connectivity index (χ2v) is 6.79. The van der Waals surface area contributed by atoms with E-state index in [2.05, 4.69) is 12.2 Å². The van der Waals surface area contributed by atoms with E-state index in [0.717, 1.165) is 13.1 Å². The minimum atomic E-state index is -3.22. The van der Waals surface area contributed by atoms with Crippen LogP contribution in [0.5, 0.6) is 11.5 Å². The highest BCUT2D eigenvalue weighted by atomic mass is 32.2. The van der Waals surface area contributed by atoms with Gasteiger partial charge in [0.2, 0.25) is 0 Å². The second-order valence-electron chi connectivity index (χ2n) is 4.77. The summed E-state index contributed by atoms with van der Waals surface area (Å²) in [6.07, 6.45) is 1.18. The van der Waals surface area contributed by atoms with E-state index < -0.39 is 9.84 Å². The molecule has 0 amide bonds. The molecule has 0 aromatic heterocycles. The van der Waals surface area contributed by atoms with Crippen LogP contribution in [0.4, 0.5) is 0 Å². The molecule has 0 saturated heterocycles. The molecule has 4 nitrogen and oxygen atoms in total. The monoisotopic (exact) mass is 305 g/mol. The number of ether oxygens (including phenoxy) is 1. The molecule has 5 heteroatoms. The summed E-state index contributed by atoms with van der Waals surface area (Å²) in [7, 11) is -3.22. The van der Waals surface area contributed by atoms with Gasteiger partial charge in [-0.3, -0.25) is 0 Å². The van der Waals surface area contributed by atoms with Crippen LogP contribution in [0.3, 0.4) is 0 Å². The molecule has 0 bridgehead atoms. The first-order valence-corrected chi connectivity index (χ1v) is 8.66. The van der Waals surface area contributed by atoms with Gasteiger partial charge < -0.3 is 10.1 Å². The summed E-state index contributed by atoms with van der Waals surface area (Å²) in [4.78, 5) is 0.253. The Balaban J connectivity index is 2.11. The van der Waals surface area contributed by atoms with E-state index in [-0.39, 0.29) is 4.90 Å². The Hall–Kier alpha value is -1.85. The van der Waals surface area contributed by atoms with Gasteiger partial charge in [0.25, 0.3) is 0 Å². The van der Waals surface area contributed by atoms with E-state index >= 15 is 0 Å². The average molecular weight is 305 g/mol. The van der Waals surface area contributed by atoms with E-state index in [1.54, 1.807) is 18.2 Å². The van der Waals surface area contributed by atoms with Crippen LogP contribution in [0.25, 0.3) is 0 Å². The molecule has 0 aliphatic carbocycles. The van der Waals surface area contributed by atoms with Crippen molar-refractivity contribution in [3.05, 3.63) is 54.1 Å². The predicted molar refractivity (Wildman–Crippen MR) is 83.4 cm³/mol. The predicted octanol–water partition coefficient (Wildman–Crippen LogP) is 2.99. The Morgan fingerprint density at radius 1 is 1.05 bits per heavy atom. The second kappa shape index (κ2) is 6.74. The van der Waals surface area contributed by atoms with E-state index in [1.165, 1.54) is 17.9 Å². The van der Waals surface area contributed by atoms with Crippen LogP contribution in [-0.2, 0) is 16.4 Å². The van der Waals surface area contributed by atoms with Crippen molar-refractivity contribution in [2.75, 3.05) is 12.8 Å². The first-order valence-electron chi connectivity index (χ1n) is 6.76. The lowest BCUT2D eigenvalue weighted by Crippen LogP contribution is -2.11. The fourth-order valence-corrected chi connectivity index (χ4v) is 2.51. The van der Waals surface area contributed by atoms with E-state index in [0.29, 0.717) is 11.5 Å². The fraction of sp³-hybridized carbons (Fsp3) is 0.250. The van der Waals surface area contributed by atoms with Crippen LogP contribution in [0.15, 0.2) is 53.4 Å². The Morgan fingerprint density at radius 2 is 1.76 bits per heavy atom. The molecule has 0 heterocycles. The first kappa shape index (κ1) is 15.5. The molecule has 0 aliphatic rings. The molecule has 2 rings (SSSR count). The van der Waals surface area contributed by atoms with Gasteiger partial charge in [0, 0.05) is 12.8 Å². The molecule has 0 aliphatic heterocycles. The van der Waals surface area contributed by atoms with Crippen molar-refractivity contribution in [3.8, 4) is 11.5 Å². The Kier molecular flexibility index (Phi) is 4.98. The summed E-state index contributed by atoms with van der Waals surface area (Å²) in [5, 5.41) is 3.25. The van der Waals surface area contributed by atoms with Crippen LogP contribution in [0.1, 0.15) is 12.5 Å². The molecule has 112 valence electrons. The van der Waals surface area contributed by atoms with Crippen molar-refractivity contribution in [1.82, 2.24) is 5.32 Å². The number of sulfone groups is 1. The average Bonchev–Trinajstić information content (AvgIpc) is 2.46. The third-order valence-corrected chi connectivity index (χ3v) is 4.08. The van der Waals surface area contributed by atoms with Gasteiger partial charge in [0.05, 0.1) is 4.90 Å². The third kappa shape index (κ3) is 4.58. The summed E-state index contributed by atoms with van der Waals surface area (Å²) in [5.41, 5.74) is 1.18. The summed E-state index contributed by atoms with van der Waals surface area (Å²) in [6, 6.07) is 14.2. The zero-order chi connectivity index (χ0) is 15.3. The van der Waals surface area contributed by atoms with Gasteiger partial charge in [0.1, 0.15) is 11.5 Å². The minimum Gasteiger partial charge on any atom is -0.457 e. The van der Waals surface area contributed by atoms with Crippen molar-refractivity contribution in [2.24, 2.45) is 0 Å². The van der Waals surface area contributed by atoms with Crippen LogP contribution in [0.2, 0.25) is 0 Å². The summed E-state index contributed by atoms with van der Waals surface area (Å²) in [6.45, 7) is 3.81. The van der Waals surface area contributed by atoms with Gasteiger partial charge in [-0.2, -0.15) is 0 Å². The zero-order valence-corrected chi connectivity index (χ0v) is 13.0. The van der Waals surface area contributed by atoms with Crippen LogP contribution < -0.4 is 10.1 Å². The molecule has 2 aromatic carbocycles. The van der Waals surface area contributed by atoms with Crippen molar-refractivity contribution >= 4 is 9.84 Å². The van der Waals surface area contributed by atoms with Crippen molar-refractivity contribution in [1.29, 1.82) is 0 Å². The van der Waals surface area contributed by atoms with Gasteiger partial charge in [0.15, 0.2) is 9.84 Å². The van der Waals surface area contributed by atoms with Crippen molar-refractivity contribution in [3.63, 3.8) is 0 Å². The summed E-state index contributed by atoms with van der Waals surface area (Å²) >= 11 is 0. The van der Waals surface area contributed by atoms with E-state index in [1.807, 2.05) is 24.3 Å². The van der Waals surface area contributed by atoms with Crippen LogP contribution >= 0.6 is 0 Å². The van der Waals surface area contributed by atoms with E-state index in [4.69, 9.17) is 4.74 Å². The molecule has 0 atom stereocenters. The van der Waals surface area contributed by atoms with Gasteiger partial charge in [-0.05, 0) is 42.4 Å². The molecular formula is C16H19NO3S. The highest BCUT2D eigenvalue weighted by Crippen LogP contribution is 2.24. The van der Waals surface area contributed by atoms with Gasteiger partial charge in [-0.1, -0.05) is 25.1 Å². The number of hydrogen-bond donors (Lipinski definition) is 1. The molecule has 0 fully saturated rings. The SMILES string of the molecule is CCNCc1ccc(Oc2cccc(S(C)(=O)=O)c2)cc1. The molecule has 0 unspecified atom stereocenters. The van der Waals surface area contributed by atoms with Crippen molar-refractivity contribution < 1.29 is 13.2 Å². The Labute approximate surface area is 125 Å². The first-order chi connectivity index (χ1) is 9.99. The molecule has 0 spiro atoms. The molecule has 0 radical (unpaired) electrons. The van der Waals surface area contributed by atoms with Gasteiger partial charge in [-0.25, -0.2) is 8.42 Å². The van der Waals surface area contributed by atoms with E-state index in [9.17, 15) is 8.42 Å². The molecule has 2 aromatic rings. The molecule has 21 heavy (non-hydrogen) atoms. The molecular weight excluding hydrogens is 286 g/mol. The molecule has 0 saturated carbocycles. The maximum Gasteiger partial charge on any atom is 0.175 e. The lowest BCUT2D eigenvalue weighted by atomic mass is 10.2. The Bertz CT molecular complexity index is 694. The lowest BCUT2D eigenvalue weighted by molar-refractivity contribution is 0.480. The Morgan fingerprint density at radius 3 is 2.38 bits per heavy atom. The number of rotatable bonds is 6. The normalized spacial score (nSPS) is 11.3. The van der Waals surface area contributed by atoms with Gasteiger partial charge in [-0.15, -0.1) is 0 Å². The highest BCUT2D eigenvalue weighted by Gasteiger charge is 2.08. The lowest BCUT2D eigenvalue weighted by Gasteiger charge is -2.08. The minimum absolute atomic E-state index is 0.253.